The van der Waals surface area contributed by atoms with Crippen LogP contribution in [0.25, 0.3) is 0 Å². The van der Waals surface area contributed by atoms with Crippen molar-refractivity contribution in [3.05, 3.63) is 24.3 Å². The van der Waals surface area contributed by atoms with Gasteiger partial charge in [-0.25, -0.2) is 0 Å². The van der Waals surface area contributed by atoms with Gasteiger partial charge in [-0.05, 0) is 6.42 Å². The third kappa shape index (κ3) is 3.24. The second kappa shape index (κ2) is 4.79. The molecule has 2 nitrogen and oxygen atoms in total. The maximum atomic E-state index is 9.92. The summed E-state index contributed by atoms with van der Waals surface area (Å²) in [5.41, 5.74) is 0.162. The van der Waals surface area contributed by atoms with Crippen LogP contribution in [0.1, 0.15) is 6.42 Å². The molecule has 9 heavy (non-hydrogen) atoms. The Kier molecular flexibility index (Phi) is 4.07. The highest BCUT2D eigenvalue weighted by molar-refractivity contribution is 5.78. The largest absolute Gasteiger partial charge is 0.297 e. The third-order valence-corrected chi connectivity index (χ3v) is 0.760. The van der Waals surface area contributed by atoms with E-state index in [2.05, 4.69) is 6.58 Å². The first-order valence-electron chi connectivity index (χ1n) is 2.51. The lowest BCUT2D eigenvalue weighted by molar-refractivity contribution is -0.104. The Morgan fingerprint density at radius 3 is 2.78 bits per heavy atom. The standard InChI is InChI=1S/C7H7NO/c1-2-3-4-7(5-8)6-9/h2,4,6H,1,3H2. The van der Waals surface area contributed by atoms with E-state index in [9.17, 15) is 4.79 Å². The zero-order chi connectivity index (χ0) is 7.11. The molecule has 0 N–H and O–H groups in total. The summed E-state index contributed by atoms with van der Waals surface area (Å²) in [5.74, 6) is 0. The number of nitrogens with zero attached hydrogens (tertiary/aromatic N) is 1. The summed E-state index contributed by atoms with van der Waals surface area (Å²) in [6.45, 7) is 3.43. The first-order chi connectivity index (χ1) is 4.35. The average Bonchev–Trinajstić information content (AvgIpc) is 1.91. The van der Waals surface area contributed by atoms with Crippen LogP contribution in [-0.4, -0.2) is 6.29 Å². The van der Waals surface area contributed by atoms with Gasteiger partial charge >= 0.3 is 0 Å². The number of nitriles is 1. The van der Waals surface area contributed by atoms with E-state index in [4.69, 9.17) is 5.26 Å². The molecule has 0 bridgehead atoms. The number of hydrogen-bond acceptors (Lipinski definition) is 2. The molecule has 0 saturated heterocycles. The highest BCUT2D eigenvalue weighted by Crippen LogP contribution is 1.90. The Morgan fingerprint density at radius 1 is 1.78 bits per heavy atom. The molecule has 0 aromatic carbocycles. The van der Waals surface area contributed by atoms with Gasteiger partial charge in [0.05, 0.1) is 5.57 Å². The number of allylic oxidation sites excluding steroid dienone is 3. The van der Waals surface area contributed by atoms with Gasteiger partial charge in [0.2, 0.25) is 0 Å². The SMILES string of the molecule is C=CCC=C(C#N)C=O. The van der Waals surface area contributed by atoms with E-state index in [1.807, 2.05) is 0 Å². The summed E-state index contributed by atoms with van der Waals surface area (Å²) in [7, 11) is 0. The lowest BCUT2D eigenvalue weighted by atomic mass is 10.2. The first-order valence-corrected chi connectivity index (χ1v) is 2.51. The maximum absolute atomic E-state index is 9.92. The topological polar surface area (TPSA) is 40.9 Å². The smallest absolute Gasteiger partial charge is 0.160 e. The van der Waals surface area contributed by atoms with E-state index in [0.717, 1.165) is 0 Å². The van der Waals surface area contributed by atoms with Gasteiger partial charge in [0.25, 0.3) is 0 Å². The van der Waals surface area contributed by atoms with Crippen LogP contribution in [0.2, 0.25) is 0 Å². The minimum atomic E-state index is 0.162. The van der Waals surface area contributed by atoms with Crippen molar-refractivity contribution < 1.29 is 4.79 Å². The van der Waals surface area contributed by atoms with Crippen molar-refractivity contribution in [2.45, 2.75) is 6.42 Å². The molecule has 0 rings (SSSR count). The second-order valence-electron chi connectivity index (χ2n) is 1.41. The molecule has 0 aromatic rings. The van der Waals surface area contributed by atoms with Gasteiger partial charge in [0, 0.05) is 0 Å². The molecule has 0 amide bonds. The number of aldehydes is 1. The van der Waals surface area contributed by atoms with E-state index in [1.165, 1.54) is 6.08 Å². The van der Waals surface area contributed by atoms with Crippen LogP contribution in [0.3, 0.4) is 0 Å². The minimum Gasteiger partial charge on any atom is -0.297 e. The summed E-state index contributed by atoms with van der Waals surface area (Å²) in [6.07, 6.45) is 4.26. The number of carbonyl (C=O) groups is 1. The fourth-order valence-corrected chi connectivity index (χ4v) is 0.330. The van der Waals surface area contributed by atoms with Gasteiger partial charge in [-0.3, -0.25) is 4.79 Å². The Balaban J connectivity index is 3.94. The van der Waals surface area contributed by atoms with Crippen LogP contribution < -0.4 is 0 Å². The third-order valence-electron chi connectivity index (χ3n) is 0.760. The van der Waals surface area contributed by atoms with Crippen LogP contribution in [0, 0.1) is 11.3 Å². The summed E-state index contributed by atoms with van der Waals surface area (Å²) >= 11 is 0. The predicted octanol–water partition coefficient (Wildman–Crippen LogP) is 1.21. The molecule has 0 aliphatic carbocycles. The Morgan fingerprint density at radius 2 is 2.44 bits per heavy atom. The van der Waals surface area contributed by atoms with Crippen molar-refractivity contribution >= 4 is 6.29 Å². The van der Waals surface area contributed by atoms with Gasteiger partial charge in [0.1, 0.15) is 6.07 Å². The van der Waals surface area contributed by atoms with E-state index < -0.39 is 0 Å². The Hall–Kier alpha value is -1.36. The van der Waals surface area contributed by atoms with Gasteiger partial charge in [0.15, 0.2) is 6.29 Å². The van der Waals surface area contributed by atoms with Gasteiger partial charge < -0.3 is 0 Å². The molecule has 0 aromatic heterocycles. The van der Waals surface area contributed by atoms with E-state index in [1.54, 1.807) is 12.1 Å². The normalized spacial score (nSPS) is 9.89. The summed E-state index contributed by atoms with van der Waals surface area (Å²) < 4.78 is 0. The fourth-order valence-electron chi connectivity index (χ4n) is 0.330. The average molecular weight is 121 g/mol. The highest BCUT2D eigenvalue weighted by Gasteiger charge is 1.85. The quantitative estimate of drug-likeness (QED) is 0.244. The maximum Gasteiger partial charge on any atom is 0.160 e. The van der Waals surface area contributed by atoms with Crippen LogP contribution >= 0.6 is 0 Å². The van der Waals surface area contributed by atoms with Crippen LogP contribution in [0.5, 0.6) is 0 Å². The molecule has 0 aliphatic rings. The van der Waals surface area contributed by atoms with E-state index >= 15 is 0 Å². The molecular weight excluding hydrogens is 114 g/mol. The first kappa shape index (κ1) is 7.64. The van der Waals surface area contributed by atoms with Crippen LogP contribution in [0.15, 0.2) is 24.3 Å². The van der Waals surface area contributed by atoms with Crippen LogP contribution in [-0.2, 0) is 4.79 Å². The lowest BCUT2D eigenvalue weighted by Crippen LogP contribution is -1.76. The zero-order valence-corrected chi connectivity index (χ0v) is 5.00. The molecule has 0 saturated carbocycles. The van der Waals surface area contributed by atoms with Crippen molar-refractivity contribution in [3.63, 3.8) is 0 Å². The monoisotopic (exact) mass is 121 g/mol. The molecule has 46 valence electrons. The van der Waals surface area contributed by atoms with Crippen molar-refractivity contribution in [2.75, 3.05) is 0 Å². The summed E-state index contributed by atoms with van der Waals surface area (Å²) in [6, 6.07) is 1.73. The highest BCUT2D eigenvalue weighted by atomic mass is 16.1. The van der Waals surface area contributed by atoms with Gasteiger partial charge in [-0.15, -0.1) is 6.58 Å². The van der Waals surface area contributed by atoms with Gasteiger partial charge in [-0.2, -0.15) is 5.26 Å². The molecule has 0 heterocycles. The van der Waals surface area contributed by atoms with E-state index in [0.29, 0.717) is 12.7 Å². The fraction of sp³-hybridized carbons (Fsp3) is 0.143. The molecular formula is C7H7NO. The van der Waals surface area contributed by atoms with Crippen molar-refractivity contribution in [1.82, 2.24) is 0 Å². The van der Waals surface area contributed by atoms with Gasteiger partial charge in [-0.1, -0.05) is 12.2 Å². The van der Waals surface area contributed by atoms with E-state index in [-0.39, 0.29) is 5.57 Å². The van der Waals surface area contributed by atoms with Crippen molar-refractivity contribution in [1.29, 1.82) is 5.26 Å². The molecule has 0 atom stereocenters. The van der Waals surface area contributed by atoms with Crippen molar-refractivity contribution in [2.24, 2.45) is 0 Å². The molecule has 0 fully saturated rings. The number of rotatable bonds is 3. The Bertz CT molecular complexity index is 174. The number of hydrogen-bond donors (Lipinski definition) is 0. The molecule has 0 spiro atoms. The predicted molar refractivity (Wildman–Crippen MR) is 34.6 cm³/mol. The van der Waals surface area contributed by atoms with Crippen LogP contribution in [0.4, 0.5) is 0 Å². The summed E-state index contributed by atoms with van der Waals surface area (Å²) in [5, 5.41) is 8.17. The molecule has 2 heteroatoms. The zero-order valence-electron chi connectivity index (χ0n) is 5.00. The number of carbonyl (C=O) groups excluding carboxylic acids is 1. The second-order valence-corrected chi connectivity index (χ2v) is 1.41. The lowest BCUT2D eigenvalue weighted by Gasteiger charge is -1.78. The van der Waals surface area contributed by atoms with Crippen molar-refractivity contribution in [3.8, 4) is 6.07 Å². The summed E-state index contributed by atoms with van der Waals surface area (Å²) in [4.78, 5) is 9.92. The molecule has 0 radical (unpaired) electrons. The molecule has 0 aliphatic heterocycles. The Labute approximate surface area is 54.1 Å². The minimum absolute atomic E-state index is 0.162. The molecule has 0 unspecified atom stereocenters.